The number of benzene rings is 2. The van der Waals surface area contributed by atoms with E-state index >= 15 is 0 Å². The van der Waals surface area contributed by atoms with Gasteiger partial charge in [-0.05, 0) is 68.0 Å². The predicted molar refractivity (Wildman–Crippen MR) is 127 cm³/mol. The van der Waals surface area contributed by atoms with E-state index in [-0.39, 0.29) is 17.6 Å². The van der Waals surface area contributed by atoms with Gasteiger partial charge in [-0.1, -0.05) is 42.5 Å². The summed E-state index contributed by atoms with van der Waals surface area (Å²) in [5.74, 6) is 0.622. The SMILES string of the molecule is CN[C@@H](Cc1ccc(O)cc1)C(=O)N[C@@H](CCSC)C(=O)NCCCc1ccccc1. The minimum absolute atomic E-state index is 0.144. The molecule has 0 saturated heterocycles. The van der Waals surface area contributed by atoms with Crippen molar-refractivity contribution in [1.29, 1.82) is 0 Å². The van der Waals surface area contributed by atoms with Crippen LogP contribution in [0.4, 0.5) is 0 Å². The van der Waals surface area contributed by atoms with Crippen LogP contribution in [0.15, 0.2) is 54.6 Å². The number of hydrogen-bond acceptors (Lipinski definition) is 5. The molecule has 0 aliphatic rings. The van der Waals surface area contributed by atoms with Gasteiger partial charge < -0.3 is 21.1 Å². The number of aromatic hydroxyl groups is 1. The van der Waals surface area contributed by atoms with E-state index in [1.807, 2.05) is 24.5 Å². The maximum Gasteiger partial charge on any atom is 0.242 e. The van der Waals surface area contributed by atoms with Crippen molar-refractivity contribution in [2.24, 2.45) is 0 Å². The van der Waals surface area contributed by atoms with Crippen molar-refractivity contribution in [2.45, 2.75) is 37.8 Å². The zero-order valence-electron chi connectivity index (χ0n) is 18.3. The summed E-state index contributed by atoms with van der Waals surface area (Å²) in [7, 11) is 1.73. The smallest absolute Gasteiger partial charge is 0.242 e. The van der Waals surface area contributed by atoms with Crippen LogP contribution in [0.25, 0.3) is 0 Å². The summed E-state index contributed by atoms with van der Waals surface area (Å²) in [4.78, 5) is 25.5. The van der Waals surface area contributed by atoms with Crippen molar-refractivity contribution in [1.82, 2.24) is 16.0 Å². The number of likely N-dealkylation sites (N-methyl/N-ethyl adjacent to an activating group) is 1. The number of nitrogens with one attached hydrogen (secondary N) is 3. The number of rotatable bonds is 13. The minimum Gasteiger partial charge on any atom is -0.508 e. The first-order valence-electron chi connectivity index (χ1n) is 10.6. The maximum absolute atomic E-state index is 12.8. The lowest BCUT2D eigenvalue weighted by molar-refractivity contribution is -0.130. The third-order valence-electron chi connectivity index (χ3n) is 5.07. The topological polar surface area (TPSA) is 90.5 Å². The first kappa shape index (κ1) is 24.8. The molecule has 2 aromatic carbocycles. The van der Waals surface area contributed by atoms with Gasteiger partial charge >= 0.3 is 0 Å². The van der Waals surface area contributed by atoms with E-state index in [0.29, 0.717) is 19.4 Å². The fraction of sp³-hybridized carbons (Fsp3) is 0.417. The van der Waals surface area contributed by atoms with E-state index in [0.717, 1.165) is 24.2 Å². The van der Waals surface area contributed by atoms with Crippen LogP contribution < -0.4 is 16.0 Å². The highest BCUT2D eigenvalue weighted by Gasteiger charge is 2.24. The molecule has 2 aromatic rings. The Labute approximate surface area is 189 Å². The zero-order chi connectivity index (χ0) is 22.5. The van der Waals surface area contributed by atoms with Crippen LogP contribution in [-0.2, 0) is 22.4 Å². The van der Waals surface area contributed by atoms with Crippen molar-refractivity contribution in [3.8, 4) is 5.75 Å². The number of aryl methyl sites for hydroxylation is 1. The molecule has 0 aliphatic carbocycles. The first-order valence-corrected chi connectivity index (χ1v) is 12.0. The Hall–Kier alpha value is -2.51. The lowest BCUT2D eigenvalue weighted by Crippen LogP contribution is -2.53. The van der Waals surface area contributed by atoms with E-state index < -0.39 is 12.1 Å². The van der Waals surface area contributed by atoms with Gasteiger partial charge in [-0.3, -0.25) is 9.59 Å². The number of carbonyl (C=O) groups is 2. The molecule has 0 heterocycles. The molecule has 0 aromatic heterocycles. The lowest BCUT2D eigenvalue weighted by atomic mass is 10.0. The zero-order valence-corrected chi connectivity index (χ0v) is 19.1. The summed E-state index contributed by atoms with van der Waals surface area (Å²) in [5, 5.41) is 18.3. The number of carbonyl (C=O) groups excluding carboxylic acids is 2. The molecule has 0 aliphatic heterocycles. The fourth-order valence-electron chi connectivity index (χ4n) is 3.24. The summed E-state index contributed by atoms with van der Waals surface area (Å²) in [5.41, 5.74) is 2.17. The van der Waals surface area contributed by atoms with Gasteiger partial charge in [-0.25, -0.2) is 0 Å². The van der Waals surface area contributed by atoms with Crippen molar-refractivity contribution in [3.63, 3.8) is 0 Å². The second-order valence-corrected chi connectivity index (χ2v) is 8.42. The van der Waals surface area contributed by atoms with Crippen LogP contribution in [0.5, 0.6) is 5.75 Å². The van der Waals surface area contributed by atoms with Gasteiger partial charge in [0.05, 0.1) is 6.04 Å². The Bertz CT molecular complexity index is 799. The summed E-state index contributed by atoms with van der Waals surface area (Å²) in [6, 6.07) is 15.9. The quantitative estimate of drug-likeness (QED) is 0.357. The van der Waals surface area contributed by atoms with Gasteiger partial charge in [-0.2, -0.15) is 11.8 Å². The number of phenols is 1. The number of hydrogen-bond donors (Lipinski definition) is 4. The minimum atomic E-state index is -0.563. The van der Waals surface area contributed by atoms with Crippen LogP contribution in [-0.4, -0.2) is 54.6 Å². The molecule has 2 rings (SSSR count). The summed E-state index contributed by atoms with van der Waals surface area (Å²) < 4.78 is 0. The summed E-state index contributed by atoms with van der Waals surface area (Å²) >= 11 is 1.65. The number of phenolic OH excluding ortho intramolecular Hbond substituents is 1. The fourth-order valence-corrected chi connectivity index (χ4v) is 3.71. The van der Waals surface area contributed by atoms with Crippen LogP contribution in [0, 0.1) is 0 Å². The monoisotopic (exact) mass is 443 g/mol. The lowest BCUT2D eigenvalue weighted by Gasteiger charge is -2.22. The molecule has 2 amide bonds. The van der Waals surface area contributed by atoms with Gasteiger partial charge in [0.25, 0.3) is 0 Å². The van der Waals surface area contributed by atoms with Crippen LogP contribution in [0.1, 0.15) is 24.0 Å². The Morgan fingerprint density at radius 2 is 1.68 bits per heavy atom. The van der Waals surface area contributed by atoms with E-state index in [1.165, 1.54) is 5.56 Å². The Balaban J connectivity index is 1.87. The average molecular weight is 444 g/mol. The van der Waals surface area contributed by atoms with Gasteiger partial charge in [-0.15, -0.1) is 0 Å². The van der Waals surface area contributed by atoms with Crippen molar-refractivity contribution < 1.29 is 14.7 Å². The highest BCUT2D eigenvalue weighted by molar-refractivity contribution is 7.98. The third-order valence-corrected chi connectivity index (χ3v) is 5.71. The Morgan fingerprint density at radius 1 is 0.968 bits per heavy atom. The molecule has 6 nitrogen and oxygen atoms in total. The molecule has 168 valence electrons. The molecule has 7 heteroatoms. The van der Waals surface area contributed by atoms with Crippen molar-refractivity contribution in [3.05, 3.63) is 65.7 Å². The molecule has 4 N–H and O–H groups in total. The number of amides is 2. The average Bonchev–Trinajstić information content (AvgIpc) is 2.79. The van der Waals surface area contributed by atoms with Crippen molar-refractivity contribution in [2.75, 3.05) is 25.6 Å². The Morgan fingerprint density at radius 3 is 2.32 bits per heavy atom. The third kappa shape index (κ3) is 9.02. The van der Waals surface area contributed by atoms with E-state index in [2.05, 4.69) is 28.1 Å². The Kier molecular flexibility index (Phi) is 11.0. The van der Waals surface area contributed by atoms with Crippen LogP contribution >= 0.6 is 11.8 Å². The molecule has 0 saturated carbocycles. The largest absolute Gasteiger partial charge is 0.508 e. The normalized spacial score (nSPS) is 12.7. The standard InChI is InChI=1S/C24H33N3O3S/c1-25-22(17-19-10-12-20(28)13-11-19)24(30)27-21(14-16-31-2)23(29)26-15-6-9-18-7-4-3-5-8-18/h3-5,7-8,10-13,21-22,25,28H,6,9,14-17H2,1-2H3,(H,26,29)(H,27,30)/t21-,22-/m0/s1. The summed E-state index contributed by atoms with van der Waals surface area (Å²) in [6.45, 7) is 0.572. The number of thioether (sulfide) groups is 1. The van der Waals surface area contributed by atoms with Crippen molar-refractivity contribution >= 4 is 23.6 Å². The molecule has 0 bridgehead atoms. The first-order chi connectivity index (χ1) is 15.0. The van der Waals surface area contributed by atoms with E-state index in [1.54, 1.807) is 43.1 Å². The van der Waals surface area contributed by atoms with Gasteiger partial charge in [0, 0.05) is 6.54 Å². The van der Waals surface area contributed by atoms with Crippen LogP contribution in [0.3, 0.4) is 0 Å². The van der Waals surface area contributed by atoms with Gasteiger partial charge in [0.1, 0.15) is 11.8 Å². The van der Waals surface area contributed by atoms with E-state index in [9.17, 15) is 14.7 Å². The second-order valence-electron chi connectivity index (χ2n) is 7.43. The molecule has 0 spiro atoms. The second kappa shape index (κ2) is 13.7. The molecular formula is C24H33N3O3S. The molecule has 31 heavy (non-hydrogen) atoms. The maximum atomic E-state index is 12.8. The van der Waals surface area contributed by atoms with Crippen LogP contribution in [0.2, 0.25) is 0 Å². The van der Waals surface area contributed by atoms with E-state index in [4.69, 9.17) is 0 Å². The highest BCUT2D eigenvalue weighted by Crippen LogP contribution is 2.12. The summed E-state index contributed by atoms with van der Waals surface area (Å²) in [6.07, 6.45) is 4.78. The van der Waals surface area contributed by atoms with Gasteiger partial charge in [0.2, 0.25) is 11.8 Å². The molecule has 2 atom stereocenters. The molecule has 0 radical (unpaired) electrons. The molecular weight excluding hydrogens is 410 g/mol. The highest BCUT2D eigenvalue weighted by atomic mass is 32.2. The van der Waals surface area contributed by atoms with Gasteiger partial charge in [0.15, 0.2) is 0 Å². The predicted octanol–water partition coefficient (Wildman–Crippen LogP) is 2.51. The molecule has 0 fully saturated rings. The molecule has 0 unspecified atom stereocenters.